The monoisotopic (exact) mass is 524 g/mol. The quantitative estimate of drug-likeness (QED) is 0.350. The summed E-state index contributed by atoms with van der Waals surface area (Å²) < 4.78 is 28.2. The van der Waals surface area contributed by atoms with Crippen LogP contribution in [0.15, 0.2) is 29.2 Å². The number of methoxy groups -OCH3 is 1. The van der Waals surface area contributed by atoms with E-state index in [2.05, 4.69) is 0 Å². The van der Waals surface area contributed by atoms with Crippen LogP contribution in [-0.4, -0.2) is 60.8 Å². The van der Waals surface area contributed by atoms with Crippen molar-refractivity contribution in [3.8, 4) is 0 Å². The van der Waals surface area contributed by atoms with Gasteiger partial charge < -0.3 is 23.7 Å². The number of rotatable bonds is 9. The van der Waals surface area contributed by atoms with E-state index in [4.69, 9.17) is 23.7 Å². The lowest BCUT2D eigenvalue weighted by Crippen LogP contribution is -2.63. The molecule has 0 aromatic heterocycles. The Balaban J connectivity index is 2.59. The van der Waals surface area contributed by atoms with Crippen molar-refractivity contribution in [2.24, 2.45) is 17.8 Å². The highest BCUT2D eigenvalue weighted by Crippen LogP contribution is 2.38. The molecule has 36 heavy (non-hydrogen) atoms. The van der Waals surface area contributed by atoms with Crippen molar-refractivity contribution in [3.05, 3.63) is 29.8 Å². The number of ether oxygens (including phenoxy) is 5. The number of thioether (sulfide) groups is 1. The zero-order valence-corrected chi connectivity index (χ0v) is 22.8. The van der Waals surface area contributed by atoms with Crippen molar-refractivity contribution in [2.75, 3.05) is 7.11 Å². The summed E-state index contributed by atoms with van der Waals surface area (Å²) in [6, 6.07) is 7.53. The Morgan fingerprint density at radius 3 is 1.64 bits per heavy atom. The van der Waals surface area contributed by atoms with E-state index in [1.165, 1.54) is 18.9 Å². The van der Waals surface area contributed by atoms with Crippen molar-refractivity contribution >= 4 is 35.6 Å². The summed E-state index contributed by atoms with van der Waals surface area (Å²) in [6.45, 7) is 11.8. The molecule has 0 radical (unpaired) electrons. The van der Waals surface area contributed by atoms with E-state index in [0.29, 0.717) is 0 Å². The van der Waals surface area contributed by atoms with Gasteiger partial charge in [-0.3, -0.25) is 14.4 Å². The van der Waals surface area contributed by atoms with Gasteiger partial charge in [-0.2, -0.15) is 0 Å². The van der Waals surface area contributed by atoms with E-state index in [9.17, 15) is 19.2 Å². The first-order valence-electron chi connectivity index (χ1n) is 11.9. The van der Waals surface area contributed by atoms with Crippen LogP contribution in [0.1, 0.15) is 47.1 Å². The third kappa shape index (κ3) is 7.70. The van der Waals surface area contributed by atoms with E-state index in [1.54, 1.807) is 41.5 Å². The average molecular weight is 525 g/mol. The van der Waals surface area contributed by atoms with Gasteiger partial charge >= 0.3 is 23.9 Å². The molecule has 1 aliphatic heterocycles. The Kier molecular flexibility index (Phi) is 10.8. The standard InChI is InChI=1S/C26H36O9S/c1-13(2)22(27)32-18-19(33-23(28)14(3)4)21(34-24(29)15(5)6)26(35-20(18)25(30)31-8)36-17-11-9-16(7)10-12-17/h9-15,18-21,26H,1-8H3. The molecule has 1 aliphatic rings. The van der Waals surface area contributed by atoms with Gasteiger partial charge in [-0.15, -0.1) is 0 Å². The topological polar surface area (TPSA) is 114 Å². The molecule has 0 amide bonds. The Morgan fingerprint density at radius 1 is 0.750 bits per heavy atom. The lowest BCUT2D eigenvalue weighted by molar-refractivity contribution is -0.239. The van der Waals surface area contributed by atoms with Crippen molar-refractivity contribution in [2.45, 2.75) is 83.2 Å². The van der Waals surface area contributed by atoms with Crippen LogP contribution in [-0.2, 0) is 42.9 Å². The van der Waals surface area contributed by atoms with Crippen LogP contribution in [0.2, 0.25) is 0 Å². The maximum atomic E-state index is 12.8. The first kappa shape index (κ1) is 29.6. The van der Waals surface area contributed by atoms with E-state index in [-0.39, 0.29) is 0 Å². The molecule has 10 heteroatoms. The molecule has 200 valence electrons. The summed E-state index contributed by atoms with van der Waals surface area (Å²) in [7, 11) is 1.18. The Morgan fingerprint density at radius 2 is 1.19 bits per heavy atom. The van der Waals surface area contributed by atoms with Crippen molar-refractivity contribution < 1.29 is 42.9 Å². The van der Waals surface area contributed by atoms with Crippen LogP contribution in [0.3, 0.4) is 0 Å². The lowest BCUT2D eigenvalue weighted by atomic mass is 9.98. The minimum Gasteiger partial charge on any atom is -0.467 e. The highest BCUT2D eigenvalue weighted by molar-refractivity contribution is 7.99. The Bertz CT molecular complexity index is 926. The summed E-state index contributed by atoms with van der Waals surface area (Å²) in [4.78, 5) is 51.6. The van der Waals surface area contributed by atoms with Gasteiger partial charge in [0.15, 0.2) is 24.4 Å². The second-order valence-corrected chi connectivity index (χ2v) is 10.7. The van der Waals surface area contributed by atoms with E-state index < -0.39 is 71.5 Å². The summed E-state index contributed by atoms with van der Waals surface area (Å²) in [5.41, 5.74) is 0.0713. The van der Waals surface area contributed by atoms with Crippen molar-refractivity contribution in [1.82, 2.24) is 0 Å². The average Bonchev–Trinajstić information content (AvgIpc) is 2.82. The van der Waals surface area contributed by atoms with Gasteiger partial charge in [0.25, 0.3) is 0 Å². The van der Waals surface area contributed by atoms with E-state index in [1.807, 2.05) is 31.2 Å². The van der Waals surface area contributed by atoms with Crippen LogP contribution >= 0.6 is 11.8 Å². The van der Waals surface area contributed by atoms with Crippen molar-refractivity contribution in [1.29, 1.82) is 0 Å². The second kappa shape index (κ2) is 13.1. The van der Waals surface area contributed by atoms with Gasteiger partial charge in [0, 0.05) is 4.90 Å². The normalized spacial score (nSPS) is 23.9. The molecular weight excluding hydrogens is 488 g/mol. The maximum absolute atomic E-state index is 12.8. The smallest absolute Gasteiger partial charge is 0.339 e. The number of carbonyl (C=O) groups excluding carboxylic acids is 4. The molecular formula is C26H36O9S. The molecule has 1 fully saturated rings. The van der Waals surface area contributed by atoms with Crippen molar-refractivity contribution in [3.63, 3.8) is 0 Å². The van der Waals surface area contributed by atoms with Gasteiger partial charge in [-0.25, -0.2) is 4.79 Å². The Labute approximate surface area is 216 Å². The van der Waals surface area contributed by atoms with E-state index in [0.717, 1.165) is 10.5 Å². The fourth-order valence-corrected chi connectivity index (χ4v) is 4.24. The predicted molar refractivity (Wildman–Crippen MR) is 132 cm³/mol. The van der Waals surface area contributed by atoms with E-state index >= 15 is 0 Å². The number of benzene rings is 1. The minimum absolute atomic E-state index is 0.494. The largest absolute Gasteiger partial charge is 0.467 e. The first-order valence-corrected chi connectivity index (χ1v) is 12.8. The summed E-state index contributed by atoms with van der Waals surface area (Å²) in [5.74, 6) is -4.19. The van der Waals surface area contributed by atoms with Crippen LogP contribution in [0.25, 0.3) is 0 Å². The van der Waals surface area contributed by atoms with Crippen LogP contribution < -0.4 is 0 Å². The summed E-state index contributed by atoms with van der Waals surface area (Å²) in [5, 5.41) is 0. The molecule has 1 aromatic carbocycles. The maximum Gasteiger partial charge on any atom is 0.339 e. The highest BCUT2D eigenvalue weighted by Gasteiger charge is 2.55. The molecule has 9 nitrogen and oxygen atoms in total. The molecule has 0 bridgehead atoms. The molecule has 0 N–H and O–H groups in total. The zero-order chi connectivity index (χ0) is 27.2. The molecule has 1 saturated heterocycles. The van der Waals surface area contributed by atoms with Crippen LogP contribution in [0.5, 0.6) is 0 Å². The number of aryl methyl sites for hydroxylation is 1. The third-order valence-electron chi connectivity index (χ3n) is 5.37. The molecule has 1 aromatic rings. The predicted octanol–water partition coefficient (Wildman–Crippen LogP) is 3.69. The van der Waals surface area contributed by atoms with Crippen LogP contribution in [0, 0.1) is 24.7 Å². The molecule has 0 aliphatic carbocycles. The third-order valence-corrected chi connectivity index (χ3v) is 6.53. The molecule has 5 atom stereocenters. The van der Waals surface area contributed by atoms with Gasteiger partial charge in [0.05, 0.1) is 24.9 Å². The minimum atomic E-state index is -1.42. The van der Waals surface area contributed by atoms with Gasteiger partial charge in [0.2, 0.25) is 0 Å². The number of hydrogen-bond donors (Lipinski definition) is 0. The molecule has 1 heterocycles. The molecule has 0 spiro atoms. The SMILES string of the molecule is COC(=O)C1OC(Sc2ccc(C)cc2)C(OC(=O)C(C)C)C(OC(=O)C(C)C)C1OC(=O)C(C)C. The van der Waals surface area contributed by atoms with Gasteiger partial charge in [-0.1, -0.05) is 71.0 Å². The van der Waals surface area contributed by atoms with Gasteiger partial charge in [0.1, 0.15) is 5.44 Å². The zero-order valence-electron chi connectivity index (χ0n) is 22.0. The number of hydrogen-bond acceptors (Lipinski definition) is 10. The first-order chi connectivity index (χ1) is 16.8. The second-order valence-electron chi connectivity index (χ2n) is 9.55. The fourth-order valence-electron chi connectivity index (χ4n) is 3.16. The van der Waals surface area contributed by atoms with Gasteiger partial charge in [-0.05, 0) is 19.1 Å². The Hall–Kier alpha value is -2.59. The fraction of sp³-hybridized carbons (Fsp3) is 0.615. The highest BCUT2D eigenvalue weighted by atomic mass is 32.2. The summed E-state index contributed by atoms with van der Waals surface area (Å²) in [6.07, 6.45) is -5.31. The van der Waals surface area contributed by atoms with Crippen LogP contribution in [0.4, 0.5) is 0 Å². The molecule has 2 rings (SSSR count). The summed E-state index contributed by atoms with van der Waals surface area (Å²) >= 11 is 1.19. The molecule has 0 saturated carbocycles. The number of carbonyl (C=O) groups is 4. The molecule has 5 unspecified atom stereocenters. The lowest BCUT2D eigenvalue weighted by Gasteiger charge is -2.44. The number of esters is 4.